The Morgan fingerprint density at radius 2 is 1.95 bits per heavy atom. The fraction of sp³-hybridized carbons (Fsp3) is 0.294. The molecule has 1 atom stereocenters. The lowest BCUT2D eigenvalue weighted by molar-refractivity contribution is 0.612. The molecule has 0 spiro atoms. The Bertz CT molecular complexity index is 641. The van der Waals surface area contributed by atoms with E-state index in [1.165, 1.54) is 5.56 Å². The maximum Gasteiger partial charge on any atom is 0.126 e. The first-order valence-electron chi connectivity index (χ1n) is 6.90. The Kier molecular flexibility index (Phi) is 5.01. The summed E-state index contributed by atoms with van der Waals surface area (Å²) in [5, 5.41) is 0. The first-order chi connectivity index (χ1) is 9.90. The second-order valence-corrected chi connectivity index (χ2v) is 6.25. The average Bonchev–Trinajstić information content (AvgIpc) is 2.43. The smallest absolute Gasteiger partial charge is 0.126 e. The summed E-state index contributed by atoms with van der Waals surface area (Å²) in [5.41, 5.74) is 9.60. The zero-order valence-corrected chi connectivity index (χ0v) is 14.1. The highest BCUT2D eigenvalue weighted by atomic mass is 79.9. The van der Waals surface area contributed by atoms with Gasteiger partial charge in [-0.3, -0.25) is 0 Å². The first-order valence-corrected chi connectivity index (χ1v) is 7.69. The van der Waals surface area contributed by atoms with E-state index < -0.39 is 0 Å². The van der Waals surface area contributed by atoms with Crippen LogP contribution in [0.1, 0.15) is 29.7 Å². The van der Waals surface area contributed by atoms with Crippen LogP contribution in [0.4, 0.5) is 10.1 Å². The van der Waals surface area contributed by atoms with Crippen LogP contribution in [0.3, 0.4) is 0 Å². The molecule has 0 heterocycles. The van der Waals surface area contributed by atoms with Crippen molar-refractivity contribution in [1.29, 1.82) is 0 Å². The molecule has 0 aromatic heterocycles. The molecule has 0 aliphatic rings. The number of aryl methyl sites for hydroxylation is 1. The highest BCUT2D eigenvalue weighted by Crippen LogP contribution is 2.29. The Balaban J connectivity index is 2.37. The molecule has 4 heteroatoms. The predicted molar refractivity (Wildman–Crippen MR) is 90.0 cm³/mol. The van der Waals surface area contributed by atoms with Gasteiger partial charge in [-0.05, 0) is 48.7 Å². The topological polar surface area (TPSA) is 29.3 Å². The zero-order chi connectivity index (χ0) is 15.6. The second kappa shape index (κ2) is 6.58. The first kappa shape index (κ1) is 16.0. The molecule has 0 bridgehead atoms. The highest BCUT2D eigenvalue weighted by molar-refractivity contribution is 9.10. The second-order valence-electron chi connectivity index (χ2n) is 5.40. The summed E-state index contributed by atoms with van der Waals surface area (Å²) >= 11 is 3.56. The number of nitrogens with zero attached hydrogens (tertiary/aromatic N) is 1. The lowest BCUT2D eigenvalue weighted by Gasteiger charge is -2.25. The summed E-state index contributed by atoms with van der Waals surface area (Å²) in [6.45, 7) is 4.38. The minimum atomic E-state index is -0.211. The van der Waals surface area contributed by atoms with E-state index in [9.17, 15) is 4.39 Å². The molecule has 2 aromatic rings. The Labute approximate surface area is 133 Å². The highest BCUT2D eigenvalue weighted by Gasteiger charge is 2.15. The number of hydrogen-bond donors (Lipinski definition) is 1. The molecule has 2 nitrogen and oxygen atoms in total. The molecule has 0 radical (unpaired) electrons. The third kappa shape index (κ3) is 3.63. The van der Waals surface area contributed by atoms with Crippen LogP contribution in [0.5, 0.6) is 0 Å². The van der Waals surface area contributed by atoms with Gasteiger partial charge in [0.1, 0.15) is 5.82 Å². The third-order valence-corrected chi connectivity index (χ3v) is 4.35. The molecule has 0 saturated carbocycles. The van der Waals surface area contributed by atoms with Gasteiger partial charge >= 0.3 is 0 Å². The largest absolute Gasteiger partial charge is 0.370 e. The molecular weight excluding hydrogens is 331 g/mol. The maximum absolute atomic E-state index is 13.8. The number of rotatable bonds is 4. The molecule has 2 rings (SSSR count). The quantitative estimate of drug-likeness (QED) is 0.876. The number of nitrogens with two attached hydrogens (primary N) is 1. The summed E-state index contributed by atoms with van der Waals surface area (Å²) in [6.07, 6.45) is 0. The van der Waals surface area contributed by atoms with Crippen LogP contribution in [-0.2, 0) is 6.54 Å². The van der Waals surface area contributed by atoms with Crippen molar-refractivity contribution >= 4 is 21.6 Å². The number of halogens is 2. The monoisotopic (exact) mass is 350 g/mol. The third-order valence-electron chi connectivity index (χ3n) is 3.58. The van der Waals surface area contributed by atoms with Gasteiger partial charge in [-0.1, -0.05) is 34.1 Å². The molecule has 0 fully saturated rings. The minimum absolute atomic E-state index is 0.208. The van der Waals surface area contributed by atoms with E-state index in [2.05, 4.69) is 26.9 Å². The van der Waals surface area contributed by atoms with E-state index in [1.807, 2.05) is 38.2 Å². The Morgan fingerprint density at radius 1 is 1.29 bits per heavy atom. The Morgan fingerprint density at radius 3 is 2.57 bits per heavy atom. The van der Waals surface area contributed by atoms with E-state index in [0.29, 0.717) is 5.56 Å². The summed E-state index contributed by atoms with van der Waals surface area (Å²) in [6, 6.07) is 11.3. The summed E-state index contributed by atoms with van der Waals surface area (Å²) in [7, 11) is 2.00. The van der Waals surface area contributed by atoms with Crippen molar-refractivity contribution in [3.8, 4) is 0 Å². The summed E-state index contributed by atoms with van der Waals surface area (Å²) in [4.78, 5) is 2.10. The van der Waals surface area contributed by atoms with Crippen molar-refractivity contribution < 1.29 is 4.39 Å². The van der Waals surface area contributed by atoms with Crippen LogP contribution in [0.2, 0.25) is 0 Å². The fourth-order valence-electron chi connectivity index (χ4n) is 2.34. The molecule has 0 unspecified atom stereocenters. The number of hydrogen-bond acceptors (Lipinski definition) is 2. The van der Waals surface area contributed by atoms with Crippen LogP contribution in [0.25, 0.3) is 0 Å². The van der Waals surface area contributed by atoms with Crippen molar-refractivity contribution in [1.82, 2.24) is 0 Å². The number of anilines is 1. The summed E-state index contributed by atoms with van der Waals surface area (Å²) < 4.78 is 14.9. The molecule has 2 N–H and O–H groups in total. The van der Waals surface area contributed by atoms with Crippen LogP contribution in [0, 0.1) is 12.7 Å². The molecule has 0 amide bonds. The number of benzene rings is 2. The maximum atomic E-state index is 13.8. The van der Waals surface area contributed by atoms with Gasteiger partial charge in [0, 0.05) is 29.8 Å². The van der Waals surface area contributed by atoms with Crippen LogP contribution < -0.4 is 10.6 Å². The molecule has 2 aromatic carbocycles. The Hall–Kier alpha value is -1.39. The van der Waals surface area contributed by atoms with E-state index >= 15 is 0 Å². The van der Waals surface area contributed by atoms with Crippen molar-refractivity contribution in [2.75, 3.05) is 11.9 Å². The fourth-order valence-corrected chi connectivity index (χ4v) is 2.75. The van der Waals surface area contributed by atoms with Crippen molar-refractivity contribution in [2.45, 2.75) is 26.4 Å². The van der Waals surface area contributed by atoms with E-state index in [-0.39, 0.29) is 11.9 Å². The lowest BCUT2D eigenvalue weighted by Crippen LogP contribution is -2.21. The van der Waals surface area contributed by atoms with Gasteiger partial charge in [0.05, 0.1) is 0 Å². The van der Waals surface area contributed by atoms with E-state index in [0.717, 1.165) is 22.3 Å². The predicted octanol–water partition coefficient (Wildman–Crippen LogP) is 4.55. The van der Waals surface area contributed by atoms with Gasteiger partial charge in [0.2, 0.25) is 0 Å². The molecular formula is C17H20BrFN2. The standard InChI is InChI=1S/C17H20BrFN2/c1-11-8-17(14(12(2)20)9-16(11)19)21(3)10-13-6-4-5-7-15(13)18/h4-9,12H,10,20H2,1-3H3/t12-/m0/s1. The normalized spacial score (nSPS) is 12.3. The molecule has 0 saturated heterocycles. The SMILES string of the molecule is Cc1cc(N(C)Cc2ccccc2Br)c([C@H](C)N)cc1F. The average molecular weight is 351 g/mol. The van der Waals surface area contributed by atoms with Crippen LogP contribution in [-0.4, -0.2) is 7.05 Å². The van der Waals surface area contributed by atoms with E-state index in [1.54, 1.807) is 13.0 Å². The van der Waals surface area contributed by atoms with Gasteiger partial charge < -0.3 is 10.6 Å². The van der Waals surface area contributed by atoms with Gasteiger partial charge in [0.25, 0.3) is 0 Å². The van der Waals surface area contributed by atoms with Crippen LogP contribution in [0.15, 0.2) is 40.9 Å². The van der Waals surface area contributed by atoms with Crippen molar-refractivity contribution in [2.24, 2.45) is 5.73 Å². The molecule has 0 aliphatic heterocycles. The molecule has 0 aliphatic carbocycles. The van der Waals surface area contributed by atoms with Gasteiger partial charge in [0.15, 0.2) is 0 Å². The summed E-state index contributed by atoms with van der Waals surface area (Å²) in [5.74, 6) is -0.208. The van der Waals surface area contributed by atoms with Crippen LogP contribution >= 0.6 is 15.9 Å². The molecule has 21 heavy (non-hydrogen) atoms. The van der Waals surface area contributed by atoms with E-state index in [4.69, 9.17) is 5.73 Å². The van der Waals surface area contributed by atoms with Gasteiger partial charge in [-0.2, -0.15) is 0 Å². The zero-order valence-electron chi connectivity index (χ0n) is 12.5. The van der Waals surface area contributed by atoms with Crippen molar-refractivity contribution in [3.63, 3.8) is 0 Å². The minimum Gasteiger partial charge on any atom is -0.370 e. The lowest BCUT2D eigenvalue weighted by atomic mass is 10.0. The van der Waals surface area contributed by atoms with Gasteiger partial charge in [-0.25, -0.2) is 4.39 Å². The van der Waals surface area contributed by atoms with Crippen molar-refractivity contribution in [3.05, 3.63) is 63.4 Å². The van der Waals surface area contributed by atoms with Gasteiger partial charge in [-0.15, -0.1) is 0 Å². The molecule has 112 valence electrons.